The molecule has 0 atom stereocenters. The van der Waals surface area contributed by atoms with Crippen molar-refractivity contribution >= 4 is 6.09 Å². The summed E-state index contributed by atoms with van der Waals surface area (Å²) in [5.74, 6) is 0. The zero-order valence-corrected chi connectivity index (χ0v) is 12.6. The molecule has 0 radical (unpaired) electrons. The van der Waals surface area contributed by atoms with E-state index in [0.29, 0.717) is 6.54 Å². The first-order valence-electron chi connectivity index (χ1n) is 7.54. The van der Waals surface area contributed by atoms with E-state index in [2.05, 4.69) is 5.32 Å². The second-order valence-electron chi connectivity index (χ2n) is 7.25. The Labute approximate surface area is 116 Å². The van der Waals surface area contributed by atoms with Crippen LogP contribution in [0.3, 0.4) is 0 Å². The Bertz CT molecular complexity index is 331. The first kappa shape index (κ1) is 14.6. The highest BCUT2D eigenvalue weighted by atomic mass is 16.6. The summed E-state index contributed by atoms with van der Waals surface area (Å²) in [4.78, 5) is 12.1. The number of nitrogens with two attached hydrogens (primary N) is 1. The van der Waals surface area contributed by atoms with Crippen molar-refractivity contribution in [1.82, 2.24) is 5.32 Å². The van der Waals surface area contributed by atoms with Gasteiger partial charge in [0.25, 0.3) is 0 Å². The minimum atomic E-state index is -0.445. The summed E-state index contributed by atoms with van der Waals surface area (Å²) in [7, 11) is 0. The van der Waals surface area contributed by atoms with Crippen molar-refractivity contribution < 1.29 is 9.53 Å². The first-order valence-corrected chi connectivity index (χ1v) is 7.54. The quantitative estimate of drug-likeness (QED) is 0.827. The van der Waals surface area contributed by atoms with Crippen LogP contribution >= 0.6 is 0 Å². The van der Waals surface area contributed by atoms with Gasteiger partial charge in [-0.15, -0.1) is 0 Å². The third kappa shape index (κ3) is 2.73. The molecule has 0 heterocycles. The summed E-state index contributed by atoms with van der Waals surface area (Å²) in [6.07, 6.45) is 7.67. The highest BCUT2D eigenvalue weighted by Crippen LogP contribution is 2.54. The summed E-state index contributed by atoms with van der Waals surface area (Å²) in [5.41, 5.74) is 5.59. The van der Waals surface area contributed by atoms with Crippen molar-refractivity contribution in [3.63, 3.8) is 0 Å². The van der Waals surface area contributed by atoms with Crippen LogP contribution in [0.1, 0.15) is 65.7 Å². The van der Waals surface area contributed by atoms with E-state index in [4.69, 9.17) is 10.5 Å². The largest absolute Gasteiger partial charge is 0.444 e. The van der Waals surface area contributed by atoms with E-state index in [1.807, 2.05) is 20.8 Å². The summed E-state index contributed by atoms with van der Waals surface area (Å²) in [5, 5.41) is 3.20. The Morgan fingerprint density at radius 3 is 2.11 bits per heavy atom. The average Bonchev–Trinajstić information content (AvgIpc) is 2.63. The topological polar surface area (TPSA) is 64.3 Å². The van der Waals surface area contributed by atoms with Crippen LogP contribution in [0.5, 0.6) is 0 Å². The van der Waals surface area contributed by atoms with E-state index in [0.717, 1.165) is 25.7 Å². The highest BCUT2D eigenvalue weighted by Gasteiger charge is 2.55. The Kier molecular flexibility index (Phi) is 3.83. The van der Waals surface area contributed by atoms with Gasteiger partial charge in [-0.05, 0) is 46.5 Å². The summed E-state index contributed by atoms with van der Waals surface area (Å²) < 4.78 is 5.44. The number of rotatable bonds is 3. The molecule has 19 heavy (non-hydrogen) atoms. The number of ether oxygens (including phenoxy) is 1. The molecule has 0 aromatic carbocycles. The van der Waals surface area contributed by atoms with Gasteiger partial charge in [-0.2, -0.15) is 0 Å². The lowest BCUT2D eigenvalue weighted by atomic mass is 9.56. The van der Waals surface area contributed by atoms with Crippen LogP contribution in [0, 0.1) is 5.41 Å². The van der Waals surface area contributed by atoms with Gasteiger partial charge in [0.15, 0.2) is 0 Å². The smallest absolute Gasteiger partial charge is 0.408 e. The van der Waals surface area contributed by atoms with E-state index in [1.165, 1.54) is 19.3 Å². The fourth-order valence-corrected chi connectivity index (χ4v) is 3.75. The molecule has 0 bridgehead atoms. The molecule has 2 rings (SSSR count). The zero-order valence-electron chi connectivity index (χ0n) is 12.6. The molecule has 4 nitrogen and oxygen atoms in total. The molecule has 110 valence electrons. The molecular weight excluding hydrogens is 240 g/mol. The molecule has 4 heteroatoms. The number of carbonyl (C=O) groups excluding carboxylic acids is 1. The number of hydrogen-bond acceptors (Lipinski definition) is 3. The van der Waals surface area contributed by atoms with Gasteiger partial charge in [-0.25, -0.2) is 4.79 Å². The van der Waals surface area contributed by atoms with Crippen molar-refractivity contribution in [2.45, 2.75) is 76.9 Å². The van der Waals surface area contributed by atoms with Crippen LogP contribution in [-0.2, 0) is 4.74 Å². The fourth-order valence-electron chi connectivity index (χ4n) is 3.75. The molecular formula is C15H28N2O2. The third-order valence-electron chi connectivity index (χ3n) is 4.91. The second-order valence-corrected chi connectivity index (χ2v) is 7.25. The summed E-state index contributed by atoms with van der Waals surface area (Å²) in [6.45, 7) is 6.37. The molecule has 0 aromatic rings. The summed E-state index contributed by atoms with van der Waals surface area (Å²) >= 11 is 0. The molecule has 0 aromatic heterocycles. The Balaban J connectivity index is 2.10. The van der Waals surface area contributed by atoms with Crippen molar-refractivity contribution in [2.75, 3.05) is 6.54 Å². The SMILES string of the molecule is CC(C)(C)OC(=O)NC1(C2(CN)CCC2)CCCC1. The van der Waals surface area contributed by atoms with E-state index in [1.54, 1.807) is 0 Å². The lowest BCUT2D eigenvalue weighted by Gasteiger charge is -2.54. The minimum Gasteiger partial charge on any atom is -0.444 e. The second kappa shape index (κ2) is 4.97. The molecule has 1 amide bonds. The maximum Gasteiger partial charge on any atom is 0.408 e. The molecule has 2 fully saturated rings. The van der Waals surface area contributed by atoms with Crippen molar-refractivity contribution in [3.05, 3.63) is 0 Å². The van der Waals surface area contributed by atoms with E-state index < -0.39 is 5.60 Å². The van der Waals surface area contributed by atoms with Gasteiger partial charge in [-0.1, -0.05) is 19.3 Å². The van der Waals surface area contributed by atoms with Crippen molar-refractivity contribution in [2.24, 2.45) is 11.1 Å². The van der Waals surface area contributed by atoms with Gasteiger partial charge in [0.05, 0.1) is 5.54 Å². The monoisotopic (exact) mass is 268 g/mol. The van der Waals surface area contributed by atoms with Gasteiger partial charge in [0.2, 0.25) is 0 Å². The van der Waals surface area contributed by atoms with Crippen LogP contribution in [0.15, 0.2) is 0 Å². The minimum absolute atomic E-state index is 0.112. The van der Waals surface area contributed by atoms with E-state index in [-0.39, 0.29) is 17.0 Å². The lowest BCUT2D eigenvalue weighted by molar-refractivity contribution is -0.00674. The number of nitrogens with one attached hydrogen (secondary N) is 1. The van der Waals surface area contributed by atoms with Crippen LogP contribution in [0.25, 0.3) is 0 Å². The van der Waals surface area contributed by atoms with Gasteiger partial charge in [-0.3, -0.25) is 0 Å². The van der Waals surface area contributed by atoms with Crippen LogP contribution < -0.4 is 11.1 Å². The van der Waals surface area contributed by atoms with Crippen LogP contribution in [-0.4, -0.2) is 23.8 Å². The molecule has 0 saturated heterocycles. The molecule has 0 aliphatic heterocycles. The van der Waals surface area contributed by atoms with E-state index in [9.17, 15) is 4.79 Å². The fraction of sp³-hybridized carbons (Fsp3) is 0.933. The van der Waals surface area contributed by atoms with Crippen molar-refractivity contribution in [3.8, 4) is 0 Å². The van der Waals surface area contributed by atoms with Gasteiger partial charge in [0.1, 0.15) is 5.60 Å². The maximum absolute atomic E-state index is 12.1. The lowest BCUT2D eigenvalue weighted by Crippen LogP contribution is -2.64. The van der Waals surface area contributed by atoms with Gasteiger partial charge < -0.3 is 15.8 Å². The normalized spacial score (nSPS) is 24.6. The zero-order chi connectivity index (χ0) is 14.1. The highest BCUT2D eigenvalue weighted by molar-refractivity contribution is 5.69. The number of amides is 1. The molecule has 2 aliphatic rings. The maximum atomic E-state index is 12.1. The molecule has 0 spiro atoms. The predicted octanol–water partition coefficient (Wildman–Crippen LogP) is 2.95. The van der Waals surface area contributed by atoms with Gasteiger partial charge in [0, 0.05) is 12.0 Å². The molecule has 2 saturated carbocycles. The van der Waals surface area contributed by atoms with Crippen LogP contribution in [0.2, 0.25) is 0 Å². The van der Waals surface area contributed by atoms with Gasteiger partial charge >= 0.3 is 6.09 Å². The van der Waals surface area contributed by atoms with Crippen LogP contribution in [0.4, 0.5) is 4.79 Å². The van der Waals surface area contributed by atoms with E-state index >= 15 is 0 Å². The Morgan fingerprint density at radius 1 is 1.16 bits per heavy atom. The summed E-state index contributed by atoms with van der Waals surface area (Å²) in [6, 6.07) is 0. The predicted molar refractivity (Wildman–Crippen MR) is 75.9 cm³/mol. The molecule has 2 aliphatic carbocycles. The molecule has 3 N–H and O–H groups in total. The number of alkyl carbamates (subject to hydrolysis) is 1. The number of hydrogen-bond donors (Lipinski definition) is 2. The molecule has 0 unspecified atom stereocenters. The Morgan fingerprint density at radius 2 is 1.74 bits per heavy atom. The third-order valence-corrected chi connectivity index (χ3v) is 4.91. The Hall–Kier alpha value is -0.770. The number of carbonyl (C=O) groups is 1. The average molecular weight is 268 g/mol. The first-order chi connectivity index (χ1) is 8.83. The standard InChI is InChI=1S/C15H28N2O2/c1-13(2,3)19-12(18)17-15(9-4-5-10-15)14(11-16)7-6-8-14/h4-11,16H2,1-3H3,(H,17,18). The van der Waals surface area contributed by atoms with Crippen molar-refractivity contribution in [1.29, 1.82) is 0 Å².